The van der Waals surface area contributed by atoms with E-state index in [2.05, 4.69) is 59.8 Å². The largest absolute Gasteiger partial charge is 0.454 e. The van der Waals surface area contributed by atoms with E-state index in [1.54, 1.807) is 11.8 Å². The number of benzene rings is 2. The molecule has 0 unspecified atom stereocenters. The quantitative estimate of drug-likeness (QED) is 0.526. The number of rotatable bonds is 5. The molecule has 1 saturated carbocycles. The summed E-state index contributed by atoms with van der Waals surface area (Å²) in [6.45, 7) is 6.95. The van der Waals surface area contributed by atoms with Crippen molar-refractivity contribution >= 4 is 11.8 Å². The average molecular weight is 408 g/mol. The van der Waals surface area contributed by atoms with Crippen LogP contribution in [0, 0.1) is 5.92 Å². The van der Waals surface area contributed by atoms with Crippen LogP contribution in [0.3, 0.4) is 0 Å². The molecule has 5 nitrogen and oxygen atoms in total. The Bertz CT molecular complexity index is 1030. The monoisotopic (exact) mass is 407 g/mol. The Morgan fingerprint density at radius 2 is 1.76 bits per heavy atom. The van der Waals surface area contributed by atoms with Gasteiger partial charge in [0.25, 0.3) is 0 Å². The van der Waals surface area contributed by atoms with E-state index in [-0.39, 0.29) is 12.2 Å². The predicted molar refractivity (Wildman–Crippen MR) is 115 cm³/mol. The zero-order valence-corrected chi connectivity index (χ0v) is 17.8. The Morgan fingerprint density at radius 3 is 2.48 bits per heavy atom. The topological polar surface area (TPSA) is 49.2 Å². The molecular formula is C23H25N3O2S. The molecule has 5 rings (SSSR count). The molecule has 2 aliphatic rings. The van der Waals surface area contributed by atoms with E-state index >= 15 is 0 Å². The third-order valence-electron chi connectivity index (χ3n) is 5.40. The third kappa shape index (κ3) is 3.73. The summed E-state index contributed by atoms with van der Waals surface area (Å²) in [5, 5.41) is 10.0. The molecule has 1 aliphatic carbocycles. The van der Waals surface area contributed by atoms with Crippen molar-refractivity contribution in [2.75, 3.05) is 12.5 Å². The van der Waals surface area contributed by atoms with E-state index in [1.807, 2.05) is 18.2 Å². The minimum Gasteiger partial charge on any atom is -0.454 e. The number of hydrogen-bond acceptors (Lipinski definition) is 5. The SMILES string of the molecule is CC(C)(C)c1ccc(-c2nnc(SCC3CC3)n2-c2ccc3c(c2)OCO3)cc1. The molecule has 3 aromatic rings. The van der Waals surface area contributed by atoms with E-state index in [1.165, 1.54) is 18.4 Å². The molecule has 1 fully saturated rings. The summed E-state index contributed by atoms with van der Waals surface area (Å²) in [7, 11) is 0. The first-order valence-electron chi connectivity index (χ1n) is 10.1. The van der Waals surface area contributed by atoms with Crippen LogP contribution in [0.25, 0.3) is 17.1 Å². The second kappa shape index (κ2) is 7.10. The zero-order chi connectivity index (χ0) is 20.0. The fourth-order valence-electron chi connectivity index (χ4n) is 3.40. The first-order valence-corrected chi connectivity index (χ1v) is 11.1. The molecule has 0 amide bonds. The summed E-state index contributed by atoms with van der Waals surface area (Å²) in [6.07, 6.45) is 2.65. The molecule has 29 heavy (non-hydrogen) atoms. The van der Waals surface area contributed by atoms with E-state index in [4.69, 9.17) is 9.47 Å². The van der Waals surface area contributed by atoms with E-state index in [0.29, 0.717) is 0 Å². The first kappa shape index (κ1) is 18.6. The van der Waals surface area contributed by atoms with Crippen molar-refractivity contribution in [3.63, 3.8) is 0 Å². The normalized spacial score (nSPS) is 15.7. The standard InChI is InChI=1S/C23H25N3O2S/c1-23(2,3)17-8-6-16(7-9-17)21-24-25-22(29-13-15-4-5-15)26(21)18-10-11-19-20(12-18)28-14-27-19/h6-12,15H,4-5,13-14H2,1-3H3. The number of nitrogens with zero attached hydrogens (tertiary/aromatic N) is 3. The van der Waals surface area contributed by atoms with Crippen molar-refractivity contribution < 1.29 is 9.47 Å². The van der Waals surface area contributed by atoms with Gasteiger partial charge in [0.2, 0.25) is 6.79 Å². The van der Waals surface area contributed by atoms with Gasteiger partial charge in [-0.1, -0.05) is 56.8 Å². The fourth-order valence-corrected chi connectivity index (χ4v) is 4.54. The summed E-state index contributed by atoms with van der Waals surface area (Å²) < 4.78 is 13.2. The molecule has 0 N–H and O–H groups in total. The molecule has 0 atom stereocenters. The maximum atomic E-state index is 5.60. The van der Waals surface area contributed by atoms with Crippen LogP contribution in [-0.4, -0.2) is 27.3 Å². The Hall–Kier alpha value is -2.47. The second-order valence-corrected chi connectivity index (χ2v) is 9.75. The van der Waals surface area contributed by atoms with E-state index in [0.717, 1.165) is 45.4 Å². The van der Waals surface area contributed by atoms with Crippen LogP contribution in [-0.2, 0) is 5.41 Å². The summed E-state index contributed by atoms with van der Waals surface area (Å²) in [5.74, 6) is 4.30. The van der Waals surface area contributed by atoms with Gasteiger partial charge in [-0.25, -0.2) is 0 Å². The van der Waals surface area contributed by atoms with Gasteiger partial charge in [0, 0.05) is 17.4 Å². The Balaban J connectivity index is 1.56. The number of fused-ring (bicyclic) bond motifs is 1. The Kier molecular flexibility index (Phi) is 4.54. The van der Waals surface area contributed by atoms with Crippen LogP contribution in [0.15, 0.2) is 47.6 Å². The predicted octanol–water partition coefficient (Wildman–Crippen LogP) is 5.46. The fraction of sp³-hybridized carbons (Fsp3) is 0.391. The van der Waals surface area contributed by atoms with Crippen molar-refractivity contribution in [3.8, 4) is 28.6 Å². The maximum Gasteiger partial charge on any atom is 0.231 e. The summed E-state index contributed by atoms with van der Waals surface area (Å²) >= 11 is 1.79. The lowest BCUT2D eigenvalue weighted by Crippen LogP contribution is -2.10. The van der Waals surface area contributed by atoms with Crippen molar-refractivity contribution in [1.82, 2.24) is 14.8 Å². The smallest absolute Gasteiger partial charge is 0.231 e. The molecule has 0 bridgehead atoms. The number of thioether (sulfide) groups is 1. The molecule has 2 heterocycles. The van der Waals surface area contributed by atoms with Gasteiger partial charge in [-0.2, -0.15) is 0 Å². The van der Waals surface area contributed by atoms with Crippen LogP contribution >= 0.6 is 11.8 Å². The second-order valence-electron chi connectivity index (χ2n) is 8.76. The van der Waals surface area contributed by atoms with Crippen molar-refractivity contribution in [2.24, 2.45) is 5.92 Å². The highest BCUT2D eigenvalue weighted by Gasteiger charge is 2.25. The van der Waals surface area contributed by atoms with Crippen molar-refractivity contribution in [3.05, 3.63) is 48.0 Å². The minimum absolute atomic E-state index is 0.120. The van der Waals surface area contributed by atoms with Crippen LogP contribution < -0.4 is 9.47 Å². The number of hydrogen-bond donors (Lipinski definition) is 0. The van der Waals surface area contributed by atoms with Crippen molar-refractivity contribution in [1.29, 1.82) is 0 Å². The number of aromatic nitrogens is 3. The van der Waals surface area contributed by atoms with Crippen molar-refractivity contribution in [2.45, 2.75) is 44.2 Å². The summed E-state index contributed by atoms with van der Waals surface area (Å²) in [4.78, 5) is 0. The number of ether oxygens (including phenoxy) is 2. The lowest BCUT2D eigenvalue weighted by Gasteiger charge is -2.19. The zero-order valence-electron chi connectivity index (χ0n) is 17.0. The minimum atomic E-state index is 0.120. The van der Waals surface area contributed by atoms with Gasteiger partial charge in [0.15, 0.2) is 22.5 Å². The molecule has 1 aromatic heterocycles. The molecular weight excluding hydrogens is 382 g/mol. The van der Waals surface area contributed by atoms with Gasteiger partial charge in [-0.15, -0.1) is 10.2 Å². The van der Waals surface area contributed by atoms with Gasteiger partial charge in [0.05, 0.1) is 5.69 Å². The molecule has 150 valence electrons. The Labute approximate surface area is 175 Å². The highest BCUT2D eigenvalue weighted by Crippen LogP contribution is 2.39. The molecule has 2 aromatic carbocycles. The highest BCUT2D eigenvalue weighted by molar-refractivity contribution is 7.99. The van der Waals surface area contributed by atoms with Crippen LogP contribution in [0.4, 0.5) is 0 Å². The van der Waals surface area contributed by atoms with Gasteiger partial charge in [-0.05, 0) is 41.9 Å². The summed E-state index contributed by atoms with van der Waals surface area (Å²) in [5.41, 5.74) is 3.47. The van der Waals surface area contributed by atoms with E-state index < -0.39 is 0 Å². The van der Waals surface area contributed by atoms with Crippen LogP contribution in [0.2, 0.25) is 0 Å². The molecule has 0 saturated heterocycles. The van der Waals surface area contributed by atoms with E-state index in [9.17, 15) is 0 Å². The first-order chi connectivity index (χ1) is 14.0. The molecule has 0 radical (unpaired) electrons. The van der Waals surface area contributed by atoms with Gasteiger partial charge in [0.1, 0.15) is 0 Å². The lowest BCUT2D eigenvalue weighted by atomic mass is 9.87. The highest BCUT2D eigenvalue weighted by atomic mass is 32.2. The van der Waals surface area contributed by atoms with Gasteiger partial charge < -0.3 is 9.47 Å². The summed E-state index contributed by atoms with van der Waals surface area (Å²) in [6, 6.07) is 14.7. The maximum absolute atomic E-state index is 5.60. The average Bonchev–Trinajstić information content (AvgIpc) is 3.25. The van der Waals surface area contributed by atoms with Gasteiger partial charge >= 0.3 is 0 Å². The third-order valence-corrected chi connectivity index (χ3v) is 6.56. The van der Waals surface area contributed by atoms with Crippen LogP contribution in [0.5, 0.6) is 11.5 Å². The van der Waals surface area contributed by atoms with Gasteiger partial charge in [-0.3, -0.25) is 4.57 Å². The Morgan fingerprint density at radius 1 is 1.00 bits per heavy atom. The molecule has 6 heteroatoms. The molecule has 0 spiro atoms. The lowest BCUT2D eigenvalue weighted by molar-refractivity contribution is 0.174. The molecule has 1 aliphatic heterocycles. The van der Waals surface area contributed by atoms with Crippen LogP contribution in [0.1, 0.15) is 39.2 Å².